The summed E-state index contributed by atoms with van der Waals surface area (Å²) in [6, 6.07) is 5.26. The molecule has 0 aliphatic heterocycles. The highest BCUT2D eigenvalue weighted by Gasteiger charge is 2.21. The first-order chi connectivity index (χ1) is 7.68. The van der Waals surface area contributed by atoms with Gasteiger partial charge in [0, 0.05) is 22.2 Å². The average Bonchev–Trinajstić information content (AvgIpc) is 3.01. The Morgan fingerprint density at radius 3 is 2.50 bits per heavy atom. The molecule has 2 nitrogen and oxygen atoms in total. The van der Waals surface area contributed by atoms with E-state index in [9.17, 15) is 5.11 Å². The maximum atomic E-state index is 9.98. The fourth-order valence-corrected chi connectivity index (χ4v) is 2.33. The first kappa shape index (κ1) is 12.2. The summed E-state index contributed by atoms with van der Waals surface area (Å²) in [5, 5.41) is 14.3. The number of nitrogens with one attached hydrogen (secondary N) is 1. The van der Waals surface area contributed by atoms with Gasteiger partial charge in [-0.15, -0.1) is 0 Å². The molecule has 1 saturated carbocycles. The molecule has 2 N–H and O–H groups in total. The van der Waals surface area contributed by atoms with Crippen molar-refractivity contribution in [1.82, 2.24) is 5.32 Å². The number of hydrogen-bond acceptors (Lipinski definition) is 2. The molecule has 1 aromatic rings. The number of benzene rings is 1. The van der Waals surface area contributed by atoms with Crippen LogP contribution in [0.15, 0.2) is 18.2 Å². The summed E-state index contributed by atoms with van der Waals surface area (Å²) in [6.07, 6.45) is 1.96. The van der Waals surface area contributed by atoms with Crippen LogP contribution in [0.5, 0.6) is 0 Å². The fraction of sp³-hybridized carbons (Fsp3) is 0.500. The van der Waals surface area contributed by atoms with Gasteiger partial charge in [-0.3, -0.25) is 0 Å². The van der Waals surface area contributed by atoms with E-state index in [0.29, 0.717) is 22.2 Å². The molecule has 88 valence electrons. The lowest BCUT2D eigenvalue weighted by molar-refractivity contribution is 0.174. The van der Waals surface area contributed by atoms with Crippen LogP contribution in [0.2, 0.25) is 10.0 Å². The zero-order valence-electron chi connectivity index (χ0n) is 8.92. The van der Waals surface area contributed by atoms with E-state index in [0.717, 1.165) is 12.5 Å². The summed E-state index contributed by atoms with van der Waals surface area (Å²) in [7, 11) is 0. The normalized spacial score (nSPS) is 17.4. The van der Waals surface area contributed by atoms with Crippen molar-refractivity contribution in [2.24, 2.45) is 5.92 Å². The standard InChI is InChI=1S/C12H15Cl2NO/c13-9-2-1-3-10(14)12(9)11(16)7-15-6-8-4-5-8/h1-3,8,11,15-16H,4-7H2. The van der Waals surface area contributed by atoms with Crippen LogP contribution < -0.4 is 5.32 Å². The second-order valence-electron chi connectivity index (χ2n) is 4.25. The molecule has 1 aromatic carbocycles. The SMILES string of the molecule is OC(CNCC1CC1)c1c(Cl)cccc1Cl. The van der Waals surface area contributed by atoms with Gasteiger partial charge in [0.15, 0.2) is 0 Å². The highest BCUT2D eigenvalue weighted by atomic mass is 35.5. The Kier molecular flexibility index (Phi) is 4.09. The van der Waals surface area contributed by atoms with Crippen LogP contribution in [0.25, 0.3) is 0 Å². The quantitative estimate of drug-likeness (QED) is 0.852. The number of rotatable bonds is 5. The predicted octanol–water partition coefficient (Wildman–Crippen LogP) is 3.03. The van der Waals surface area contributed by atoms with Gasteiger partial charge < -0.3 is 10.4 Å². The molecular weight excluding hydrogens is 245 g/mol. The van der Waals surface area contributed by atoms with E-state index in [4.69, 9.17) is 23.2 Å². The van der Waals surface area contributed by atoms with E-state index in [-0.39, 0.29) is 0 Å². The van der Waals surface area contributed by atoms with Gasteiger partial charge in [-0.2, -0.15) is 0 Å². The van der Waals surface area contributed by atoms with Crippen molar-refractivity contribution < 1.29 is 5.11 Å². The highest BCUT2D eigenvalue weighted by Crippen LogP contribution is 2.30. The molecule has 4 heteroatoms. The molecule has 1 aliphatic carbocycles. The van der Waals surface area contributed by atoms with E-state index in [1.54, 1.807) is 18.2 Å². The molecular formula is C12H15Cl2NO. The van der Waals surface area contributed by atoms with Gasteiger partial charge >= 0.3 is 0 Å². The van der Waals surface area contributed by atoms with Gasteiger partial charge in [0.2, 0.25) is 0 Å². The zero-order valence-corrected chi connectivity index (χ0v) is 10.4. The monoisotopic (exact) mass is 259 g/mol. The van der Waals surface area contributed by atoms with Gasteiger partial charge in [0.1, 0.15) is 0 Å². The van der Waals surface area contributed by atoms with Crippen LogP contribution in [-0.4, -0.2) is 18.2 Å². The maximum absolute atomic E-state index is 9.98. The Morgan fingerprint density at radius 2 is 1.94 bits per heavy atom. The second-order valence-corrected chi connectivity index (χ2v) is 5.07. The third kappa shape index (κ3) is 3.11. The number of halogens is 2. The van der Waals surface area contributed by atoms with Crippen molar-refractivity contribution in [2.75, 3.05) is 13.1 Å². The van der Waals surface area contributed by atoms with Gasteiger partial charge in [0.25, 0.3) is 0 Å². The molecule has 2 rings (SSSR count). The summed E-state index contributed by atoms with van der Waals surface area (Å²) in [6.45, 7) is 1.47. The van der Waals surface area contributed by atoms with Crippen LogP contribution in [0.1, 0.15) is 24.5 Å². The van der Waals surface area contributed by atoms with Gasteiger partial charge in [-0.1, -0.05) is 29.3 Å². The van der Waals surface area contributed by atoms with Crippen molar-refractivity contribution in [3.8, 4) is 0 Å². The lowest BCUT2D eigenvalue weighted by atomic mass is 10.1. The molecule has 0 radical (unpaired) electrons. The van der Waals surface area contributed by atoms with Crippen LogP contribution in [0, 0.1) is 5.92 Å². The molecule has 1 fully saturated rings. The van der Waals surface area contributed by atoms with Crippen LogP contribution in [0.3, 0.4) is 0 Å². The second kappa shape index (κ2) is 5.37. The number of aliphatic hydroxyl groups excluding tert-OH is 1. The van der Waals surface area contributed by atoms with E-state index in [1.165, 1.54) is 12.8 Å². The first-order valence-electron chi connectivity index (χ1n) is 5.51. The largest absolute Gasteiger partial charge is 0.387 e. The summed E-state index contributed by atoms with van der Waals surface area (Å²) >= 11 is 12.0. The molecule has 0 saturated heterocycles. The molecule has 1 unspecified atom stereocenters. The first-order valence-corrected chi connectivity index (χ1v) is 6.26. The number of aliphatic hydroxyl groups is 1. The van der Waals surface area contributed by atoms with Gasteiger partial charge in [0.05, 0.1) is 6.10 Å². The molecule has 1 atom stereocenters. The average molecular weight is 260 g/mol. The third-order valence-corrected chi connectivity index (χ3v) is 3.46. The summed E-state index contributed by atoms with van der Waals surface area (Å²) in [5.74, 6) is 0.800. The van der Waals surface area contributed by atoms with Crippen molar-refractivity contribution in [3.05, 3.63) is 33.8 Å². The Morgan fingerprint density at radius 1 is 1.31 bits per heavy atom. The topological polar surface area (TPSA) is 32.3 Å². The summed E-state index contributed by atoms with van der Waals surface area (Å²) in [5.41, 5.74) is 0.620. The van der Waals surface area contributed by atoms with Crippen molar-refractivity contribution >= 4 is 23.2 Å². The summed E-state index contributed by atoms with van der Waals surface area (Å²) < 4.78 is 0. The van der Waals surface area contributed by atoms with E-state index < -0.39 is 6.10 Å². The van der Waals surface area contributed by atoms with Crippen molar-refractivity contribution in [1.29, 1.82) is 0 Å². The molecule has 0 amide bonds. The predicted molar refractivity (Wildman–Crippen MR) is 67.0 cm³/mol. The van der Waals surface area contributed by atoms with Crippen LogP contribution in [-0.2, 0) is 0 Å². The Bertz CT molecular complexity index is 346. The highest BCUT2D eigenvalue weighted by molar-refractivity contribution is 6.36. The summed E-state index contributed by atoms with van der Waals surface area (Å²) in [4.78, 5) is 0. The minimum absolute atomic E-state index is 0.500. The molecule has 16 heavy (non-hydrogen) atoms. The van der Waals surface area contributed by atoms with Crippen molar-refractivity contribution in [3.63, 3.8) is 0 Å². The van der Waals surface area contributed by atoms with E-state index >= 15 is 0 Å². The van der Waals surface area contributed by atoms with Crippen molar-refractivity contribution in [2.45, 2.75) is 18.9 Å². The lowest BCUT2D eigenvalue weighted by Crippen LogP contribution is -2.23. The van der Waals surface area contributed by atoms with Crippen LogP contribution in [0.4, 0.5) is 0 Å². The van der Waals surface area contributed by atoms with Crippen LogP contribution >= 0.6 is 23.2 Å². The smallest absolute Gasteiger partial charge is 0.0943 e. The molecule has 0 bridgehead atoms. The molecule has 0 aromatic heterocycles. The fourth-order valence-electron chi connectivity index (χ4n) is 1.68. The van der Waals surface area contributed by atoms with E-state index in [2.05, 4.69) is 5.32 Å². The zero-order chi connectivity index (χ0) is 11.5. The minimum Gasteiger partial charge on any atom is -0.387 e. The van der Waals surface area contributed by atoms with E-state index in [1.807, 2.05) is 0 Å². The minimum atomic E-state index is -0.639. The Labute approximate surface area is 106 Å². The van der Waals surface area contributed by atoms with Gasteiger partial charge in [-0.05, 0) is 37.4 Å². The Balaban J connectivity index is 1.93. The molecule has 0 spiro atoms. The molecule has 0 heterocycles. The number of hydrogen-bond donors (Lipinski definition) is 2. The molecule has 1 aliphatic rings. The maximum Gasteiger partial charge on any atom is 0.0943 e. The Hall–Kier alpha value is -0.280. The lowest BCUT2D eigenvalue weighted by Gasteiger charge is -2.15. The van der Waals surface area contributed by atoms with Gasteiger partial charge in [-0.25, -0.2) is 0 Å². The third-order valence-electron chi connectivity index (χ3n) is 2.80.